The summed E-state index contributed by atoms with van der Waals surface area (Å²) in [6, 6.07) is 13.7. The molecule has 160 valence electrons. The number of aromatic nitrogens is 2. The van der Waals surface area contributed by atoms with Crippen LogP contribution < -0.4 is 14.8 Å². The van der Waals surface area contributed by atoms with E-state index in [0.29, 0.717) is 35.4 Å². The Kier molecular flexibility index (Phi) is 5.99. The Morgan fingerprint density at radius 3 is 2.52 bits per heavy atom. The molecule has 2 aromatic carbocycles. The first-order valence-electron chi connectivity index (χ1n) is 9.23. The van der Waals surface area contributed by atoms with Gasteiger partial charge in [0.2, 0.25) is 5.91 Å². The molecule has 1 N–H and O–H groups in total. The zero-order chi connectivity index (χ0) is 21.8. The molecular weight excluding hydrogens is 431 g/mol. The van der Waals surface area contributed by atoms with E-state index in [2.05, 4.69) is 15.5 Å². The van der Waals surface area contributed by atoms with Gasteiger partial charge in [-0.25, -0.2) is 0 Å². The minimum Gasteiger partial charge on any atom is -0.486 e. The maximum Gasteiger partial charge on any atom is 0.418 e. The molecule has 10 heteroatoms. The Morgan fingerprint density at radius 2 is 1.77 bits per heavy atom. The summed E-state index contributed by atoms with van der Waals surface area (Å²) < 4.78 is 50.1. The molecule has 1 amide bonds. The number of hydrogen-bond acceptors (Lipinski definition) is 6. The van der Waals surface area contributed by atoms with Gasteiger partial charge in [-0.2, -0.15) is 13.2 Å². The van der Waals surface area contributed by atoms with Crippen molar-refractivity contribution in [2.75, 3.05) is 24.3 Å². The molecule has 0 fully saturated rings. The summed E-state index contributed by atoms with van der Waals surface area (Å²) in [6.45, 7) is 0.987. The summed E-state index contributed by atoms with van der Waals surface area (Å²) in [7, 11) is 0. The number of anilines is 1. The number of alkyl halides is 3. The summed E-state index contributed by atoms with van der Waals surface area (Å²) >= 11 is 1.08. The van der Waals surface area contributed by atoms with Crippen LogP contribution in [0.5, 0.6) is 11.5 Å². The van der Waals surface area contributed by atoms with Gasteiger partial charge in [-0.05, 0) is 42.5 Å². The van der Waals surface area contributed by atoms with E-state index < -0.39 is 17.6 Å². The molecule has 0 radical (unpaired) electrons. The fraction of sp³-hybridized carbons (Fsp3) is 0.190. The zero-order valence-corrected chi connectivity index (χ0v) is 16.8. The molecule has 4 rings (SSSR count). The number of nitrogens with one attached hydrogen (secondary N) is 1. The molecule has 1 aliphatic heterocycles. The highest BCUT2D eigenvalue weighted by molar-refractivity contribution is 7.99. The van der Waals surface area contributed by atoms with Crippen LogP contribution in [-0.2, 0) is 11.0 Å². The second kappa shape index (κ2) is 8.84. The number of thioether (sulfide) groups is 1. The molecule has 3 aromatic rings. The van der Waals surface area contributed by atoms with E-state index >= 15 is 0 Å². The van der Waals surface area contributed by atoms with Crippen LogP contribution in [-0.4, -0.2) is 35.1 Å². The quantitative estimate of drug-likeness (QED) is 0.574. The number of carbonyl (C=O) groups is 1. The number of nitrogens with zero attached hydrogens (tertiary/aromatic N) is 2. The van der Waals surface area contributed by atoms with Crippen molar-refractivity contribution in [2.45, 2.75) is 11.2 Å². The minimum absolute atomic E-state index is 0.107. The summed E-state index contributed by atoms with van der Waals surface area (Å²) in [5.74, 6) is 0.636. The number of hydrogen-bond donors (Lipinski definition) is 1. The number of benzene rings is 2. The summed E-state index contributed by atoms with van der Waals surface area (Å²) in [5, 5.41) is 11.0. The molecule has 0 unspecified atom stereocenters. The topological polar surface area (TPSA) is 73.3 Å². The molecule has 31 heavy (non-hydrogen) atoms. The molecular formula is C21H16F3N3O3S. The third-order valence-electron chi connectivity index (χ3n) is 4.34. The average molecular weight is 447 g/mol. The number of carbonyl (C=O) groups excluding carboxylic acids is 1. The number of para-hydroxylation sites is 1. The van der Waals surface area contributed by atoms with Crippen LogP contribution in [0.15, 0.2) is 59.6 Å². The Morgan fingerprint density at radius 1 is 1.00 bits per heavy atom. The third kappa shape index (κ3) is 5.08. The van der Waals surface area contributed by atoms with Crippen LogP contribution in [0.25, 0.3) is 11.3 Å². The van der Waals surface area contributed by atoms with E-state index in [1.165, 1.54) is 18.2 Å². The highest BCUT2D eigenvalue weighted by Gasteiger charge is 2.33. The van der Waals surface area contributed by atoms with Crippen LogP contribution in [0.2, 0.25) is 0 Å². The van der Waals surface area contributed by atoms with E-state index in [-0.39, 0.29) is 11.4 Å². The lowest BCUT2D eigenvalue weighted by Crippen LogP contribution is -2.18. The summed E-state index contributed by atoms with van der Waals surface area (Å²) in [6.07, 6.45) is -4.55. The number of ether oxygens (including phenoxy) is 2. The van der Waals surface area contributed by atoms with Gasteiger partial charge in [0.25, 0.3) is 0 Å². The van der Waals surface area contributed by atoms with Gasteiger partial charge in [0, 0.05) is 5.56 Å². The zero-order valence-electron chi connectivity index (χ0n) is 16.0. The van der Waals surface area contributed by atoms with Crippen molar-refractivity contribution < 1.29 is 27.4 Å². The highest BCUT2D eigenvalue weighted by atomic mass is 32.2. The van der Waals surface area contributed by atoms with Gasteiger partial charge >= 0.3 is 6.18 Å². The first kappa shape index (κ1) is 21.0. The van der Waals surface area contributed by atoms with Gasteiger partial charge in [-0.1, -0.05) is 23.9 Å². The second-order valence-electron chi connectivity index (χ2n) is 6.50. The van der Waals surface area contributed by atoms with Gasteiger partial charge in [0.05, 0.1) is 22.7 Å². The number of halogens is 3. The van der Waals surface area contributed by atoms with Crippen molar-refractivity contribution in [3.8, 4) is 22.8 Å². The lowest BCUT2D eigenvalue weighted by molar-refractivity contribution is -0.137. The number of fused-ring (bicyclic) bond motifs is 1. The van der Waals surface area contributed by atoms with Crippen LogP contribution in [0.4, 0.5) is 18.9 Å². The van der Waals surface area contributed by atoms with E-state index in [1.54, 1.807) is 18.2 Å². The molecule has 0 saturated carbocycles. The molecule has 0 saturated heterocycles. The average Bonchev–Trinajstić information content (AvgIpc) is 2.77. The standard InChI is InChI=1S/C21H16F3N3O3S/c22-21(23,24)14-3-1-2-4-16(14)25-19(28)12-31-20-8-6-15(26-27-20)13-5-7-17-18(11-13)30-10-9-29-17/h1-8,11H,9-10,12H2,(H,25,28). The van der Waals surface area contributed by atoms with Gasteiger partial charge in [0.1, 0.15) is 18.2 Å². The molecule has 0 atom stereocenters. The molecule has 1 aromatic heterocycles. The van der Waals surface area contributed by atoms with Gasteiger partial charge < -0.3 is 14.8 Å². The lowest BCUT2D eigenvalue weighted by atomic mass is 10.1. The maximum absolute atomic E-state index is 13.0. The smallest absolute Gasteiger partial charge is 0.418 e. The van der Waals surface area contributed by atoms with Crippen LogP contribution >= 0.6 is 11.8 Å². The molecule has 1 aliphatic rings. The fourth-order valence-corrected chi connectivity index (χ4v) is 3.53. The fourth-order valence-electron chi connectivity index (χ4n) is 2.92. The monoisotopic (exact) mass is 447 g/mol. The van der Waals surface area contributed by atoms with Crippen molar-refractivity contribution in [1.82, 2.24) is 10.2 Å². The second-order valence-corrected chi connectivity index (χ2v) is 7.49. The minimum atomic E-state index is -4.55. The van der Waals surface area contributed by atoms with Gasteiger partial charge in [0.15, 0.2) is 11.5 Å². The van der Waals surface area contributed by atoms with E-state index in [9.17, 15) is 18.0 Å². The third-order valence-corrected chi connectivity index (χ3v) is 5.26. The summed E-state index contributed by atoms with van der Waals surface area (Å²) in [5.41, 5.74) is 0.247. The van der Waals surface area contributed by atoms with Crippen LogP contribution in [0.3, 0.4) is 0 Å². The predicted molar refractivity (Wildman–Crippen MR) is 109 cm³/mol. The number of amides is 1. The molecule has 6 nitrogen and oxygen atoms in total. The van der Waals surface area contributed by atoms with E-state index in [1.807, 2.05) is 12.1 Å². The van der Waals surface area contributed by atoms with Crippen molar-refractivity contribution in [3.63, 3.8) is 0 Å². The van der Waals surface area contributed by atoms with Crippen LogP contribution in [0.1, 0.15) is 5.56 Å². The molecule has 0 spiro atoms. The first-order chi connectivity index (χ1) is 14.9. The Labute approximate surface area is 179 Å². The Balaban J connectivity index is 1.37. The Bertz CT molecular complexity index is 1090. The molecule has 0 bridgehead atoms. The molecule has 0 aliphatic carbocycles. The highest BCUT2D eigenvalue weighted by Crippen LogP contribution is 2.35. The van der Waals surface area contributed by atoms with E-state index in [4.69, 9.17) is 9.47 Å². The summed E-state index contributed by atoms with van der Waals surface area (Å²) in [4.78, 5) is 12.1. The maximum atomic E-state index is 13.0. The SMILES string of the molecule is O=C(CSc1ccc(-c2ccc3c(c2)OCCO3)nn1)Nc1ccccc1C(F)(F)F. The van der Waals surface area contributed by atoms with Crippen molar-refractivity contribution in [2.24, 2.45) is 0 Å². The van der Waals surface area contributed by atoms with Gasteiger partial charge in [-0.15, -0.1) is 10.2 Å². The first-order valence-corrected chi connectivity index (χ1v) is 10.2. The molecule has 2 heterocycles. The predicted octanol–water partition coefficient (Wildman–Crippen LogP) is 4.66. The van der Waals surface area contributed by atoms with E-state index in [0.717, 1.165) is 23.4 Å². The van der Waals surface area contributed by atoms with Crippen LogP contribution in [0, 0.1) is 0 Å². The van der Waals surface area contributed by atoms with Crippen molar-refractivity contribution in [3.05, 3.63) is 60.2 Å². The van der Waals surface area contributed by atoms with Gasteiger partial charge in [-0.3, -0.25) is 4.79 Å². The van der Waals surface area contributed by atoms with Crippen molar-refractivity contribution in [1.29, 1.82) is 0 Å². The number of rotatable bonds is 5. The normalized spacial score (nSPS) is 13.0. The largest absolute Gasteiger partial charge is 0.486 e. The lowest BCUT2D eigenvalue weighted by Gasteiger charge is -2.18. The Hall–Kier alpha value is -3.27. The van der Waals surface area contributed by atoms with Crippen molar-refractivity contribution >= 4 is 23.4 Å².